The minimum atomic E-state index is -4.51. The van der Waals surface area contributed by atoms with Crippen molar-refractivity contribution in [1.29, 1.82) is 0 Å². The second-order valence-corrected chi connectivity index (χ2v) is 4.01. The molecule has 0 fully saturated rings. The molecular weight excluding hydrogens is 266 g/mol. The number of benzene rings is 1. The van der Waals surface area contributed by atoms with E-state index in [2.05, 4.69) is 4.74 Å². The summed E-state index contributed by atoms with van der Waals surface area (Å²) in [5, 5.41) is 8.66. The Bertz CT molecular complexity index is 384. The molecule has 1 aromatic rings. The van der Waals surface area contributed by atoms with Crippen LogP contribution in [-0.4, -0.2) is 24.2 Å². The lowest BCUT2D eigenvalue weighted by Gasteiger charge is -2.17. The maximum absolute atomic E-state index is 12.6. The summed E-state index contributed by atoms with van der Waals surface area (Å²) in [6.07, 6.45) is -7.35. The summed E-state index contributed by atoms with van der Waals surface area (Å²) in [6, 6.07) is 4.82. The van der Waals surface area contributed by atoms with E-state index < -0.39 is 12.5 Å². The molecule has 7 heteroatoms. The Kier molecular flexibility index (Phi) is 5.56. The molecule has 0 spiro atoms. The minimum absolute atomic E-state index is 0.00943. The van der Waals surface area contributed by atoms with Crippen LogP contribution >= 0.6 is 0 Å². The van der Waals surface area contributed by atoms with Crippen LogP contribution in [0, 0.1) is 0 Å². The van der Waals surface area contributed by atoms with E-state index in [1.165, 1.54) is 12.1 Å². The second kappa shape index (κ2) is 6.72. The van der Waals surface area contributed by atoms with Gasteiger partial charge in [-0.25, -0.2) is 0 Å². The Hall–Kier alpha value is -1.34. The number of aliphatic hydroxyl groups is 1. The van der Waals surface area contributed by atoms with E-state index >= 15 is 0 Å². The Morgan fingerprint density at radius 1 is 1.21 bits per heavy atom. The van der Waals surface area contributed by atoms with Crippen LogP contribution < -0.4 is 10.5 Å². The van der Waals surface area contributed by atoms with Crippen LogP contribution in [0.3, 0.4) is 0 Å². The zero-order valence-electron chi connectivity index (χ0n) is 10.0. The van der Waals surface area contributed by atoms with Crippen molar-refractivity contribution in [3.8, 4) is 5.75 Å². The third-order valence-corrected chi connectivity index (χ3v) is 2.49. The first-order valence-electron chi connectivity index (χ1n) is 5.68. The van der Waals surface area contributed by atoms with Crippen molar-refractivity contribution in [2.75, 3.05) is 6.61 Å². The normalized spacial score (nSPS) is 13.6. The summed E-state index contributed by atoms with van der Waals surface area (Å²) in [7, 11) is 0. The molecule has 0 aliphatic heterocycles. The van der Waals surface area contributed by atoms with E-state index in [1.807, 2.05) is 0 Å². The van der Waals surface area contributed by atoms with E-state index in [4.69, 9.17) is 10.8 Å². The van der Waals surface area contributed by atoms with Crippen LogP contribution in [-0.2, 0) is 0 Å². The summed E-state index contributed by atoms with van der Waals surface area (Å²) in [5.41, 5.74) is 6.44. The topological polar surface area (TPSA) is 55.5 Å². The first-order valence-corrected chi connectivity index (χ1v) is 5.68. The maximum Gasteiger partial charge on any atom is 0.461 e. The van der Waals surface area contributed by atoms with Gasteiger partial charge in [-0.2, -0.15) is 17.6 Å². The fourth-order valence-corrected chi connectivity index (χ4v) is 1.46. The Morgan fingerprint density at radius 3 is 2.26 bits per heavy atom. The molecule has 0 aliphatic carbocycles. The molecule has 0 saturated heterocycles. The van der Waals surface area contributed by atoms with Gasteiger partial charge < -0.3 is 15.6 Å². The van der Waals surface area contributed by atoms with Crippen molar-refractivity contribution in [3.63, 3.8) is 0 Å². The van der Waals surface area contributed by atoms with Crippen LogP contribution in [0.5, 0.6) is 5.75 Å². The molecule has 0 aliphatic rings. The van der Waals surface area contributed by atoms with E-state index in [1.54, 1.807) is 0 Å². The van der Waals surface area contributed by atoms with Gasteiger partial charge in [0.25, 0.3) is 0 Å². The van der Waals surface area contributed by atoms with Gasteiger partial charge in [0, 0.05) is 12.6 Å². The Labute approximate surface area is 108 Å². The summed E-state index contributed by atoms with van der Waals surface area (Å²) < 4.78 is 53.0. The van der Waals surface area contributed by atoms with Crippen LogP contribution in [0.15, 0.2) is 24.3 Å². The van der Waals surface area contributed by atoms with Gasteiger partial charge >= 0.3 is 12.5 Å². The molecule has 0 amide bonds. The largest absolute Gasteiger partial charge is 0.461 e. The van der Waals surface area contributed by atoms with Crippen molar-refractivity contribution >= 4 is 0 Å². The number of hydrogen-bond acceptors (Lipinski definition) is 3. The number of halogens is 4. The van der Waals surface area contributed by atoms with Crippen LogP contribution in [0.2, 0.25) is 0 Å². The van der Waals surface area contributed by atoms with Gasteiger partial charge in [0.15, 0.2) is 0 Å². The minimum Gasteiger partial charge on any atom is -0.428 e. The lowest BCUT2D eigenvalue weighted by Crippen LogP contribution is -2.33. The van der Waals surface area contributed by atoms with Crippen molar-refractivity contribution < 1.29 is 27.4 Å². The van der Waals surface area contributed by atoms with Gasteiger partial charge in [-0.3, -0.25) is 0 Å². The number of hydrogen-bond donors (Lipinski definition) is 2. The molecule has 19 heavy (non-hydrogen) atoms. The zero-order chi connectivity index (χ0) is 14.5. The molecule has 1 atom stereocenters. The molecule has 0 bridgehead atoms. The molecule has 3 nitrogen and oxygen atoms in total. The quantitative estimate of drug-likeness (QED) is 0.755. The maximum atomic E-state index is 12.6. The van der Waals surface area contributed by atoms with Crippen LogP contribution in [0.1, 0.15) is 24.4 Å². The average molecular weight is 281 g/mol. The van der Waals surface area contributed by atoms with E-state index in [9.17, 15) is 17.6 Å². The third-order valence-electron chi connectivity index (χ3n) is 2.49. The number of alkyl halides is 4. The first kappa shape index (κ1) is 15.7. The molecular formula is C12H15F4NO2. The Balaban J connectivity index is 2.66. The van der Waals surface area contributed by atoms with Gasteiger partial charge in [-0.05, 0) is 30.5 Å². The average Bonchev–Trinajstić information content (AvgIpc) is 2.36. The van der Waals surface area contributed by atoms with Crippen molar-refractivity contribution in [1.82, 2.24) is 0 Å². The summed E-state index contributed by atoms with van der Waals surface area (Å²) in [4.78, 5) is 0. The lowest BCUT2D eigenvalue weighted by molar-refractivity contribution is -0.253. The summed E-state index contributed by atoms with van der Waals surface area (Å²) in [5.74, 6) is -0.358. The first-order chi connectivity index (χ1) is 8.86. The van der Waals surface area contributed by atoms with E-state index in [-0.39, 0.29) is 18.4 Å². The van der Waals surface area contributed by atoms with Gasteiger partial charge in [-0.15, -0.1) is 0 Å². The van der Waals surface area contributed by atoms with Gasteiger partial charge in [0.2, 0.25) is 0 Å². The molecule has 0 unspecified atom stereocenters. The molecule has 0 saturated carbocycles. The molecule has 1 aromatic carbocycles. The fraction of sp³-hybridized carbons (Fsp3) is 0.500. The summed E-state index contributed by atoms with van der Waals surface area (Å²) in [6.45, 7) is 0.00943. The number of ether oxygens (including phenoxy) is 1. The molecule has 108 valence electrons. The standard InChI is InChI=1S/C12H15F4NO2/c13-11(14)12(15,16)19-9-5-3-8(4-6-9)10(17)2-1-7-18/h3-6,10-11,18H,1-2,7,17H2/t10-/m1/s1. The summed E-state index contributed by atoms with van der Waals surface area (Å²) >= 11 is 0. The number of aliphatic hydroxyl groups excluding tert-OH is 1. The van der Waals surface area contributed by atoms with Gasteiger partial charge in [0.1, 0.15) is 5.75 Å². The highest BCUT2D eigenvalue weighted by Gasteiger charge is 2.43. The highest BCUT2D eigenvalue weighted by molar-refractivity contribution is 5.29. The molecule has 0 aromatic heterocycles. The monoisotopic (exact) mass is 281 g/mol. The highest BCUT2D eigenvalue weighted by atomic mass is 19.3. The van der Waals surface area contributed by atoms with E-state index in [0.717, 1.165) is 12.1 Å². The van der Waals surface area contributed by atoms with Crippen LogP contribution in [0.4, 0.5) is 17.6 Å². The van der Waals surface area contributed by atoms with Crippen molar-refractivity contribution in [3.05, 3.63) is 29.8 Å². The zero-order valence-corrected chi connectivity index (χ0v) is 10.0. The Morgan fingerprint density at radius 2 is 1.79 bits per heavy atom. The van der Waals surface area contributed by atoms with Crippen LogP contribution in [0.25, 0.3) is 0 Å². The third kappa shape index (κ3) is 4.68. The smallest absolute Gasteiger partial charge is 0.428 e. The van der Waals surface area contributed by atoms with E-state index in [0.29, 0.717) is 18.4 Å². The van der Waals surface area contributed by atoms with Gasteiger partial charge in [0.05, 0.1) is 0 Å². The van der Waals surface area contributed by atoms with Crippen molar-refractivity contribution in [2.45, 2.75) is 31.4 Å². The van der Waals surface area contributed by atoms with Crippen molar-refractivity contribution in [2.24, 2.45) is 5.73 Å². The number of rotatable bonds is 7. The fourth-order valence-electron chi connectivity index (χ4n) is 1.46. The molecule has 0 radical (unpaired) electrons. The SMILES string of the molecule is N[C@H](CCCO)c1ccc(OC(F)(F)C(F)F)cc1. The second-order valence-electron chi connectivity index (χ2n) is 4.01. The highest BCUT2D eigenvalue weighted by Crippen LogP contribution is 2.28. The predicted octanol–water partition coefficient (Wildman–Crippen LogP) is 2.70. The molecule has 1 rings (SSSR count). The lowest BCUT2D eigenvalue weighted by atomic mass is 10.0. The predicted molar refractivity (Wildman–Crippen MR) is 61.3 cm³/mol. The number of nitrogens with two attached hydrogens (primary N) is 1. The van der Waals surface area contributed by atoms with Gasteiger partial charge in [-0.1, -0.05) is 12.1 Å². The molecule has 3 N–H and O–H groups in total. The molecule has 0 heterocycles.